The van der Waals surface area contributed by atoms with Crippen molar-refractivity contribution in [3.8, 4) is 0 Å². The summed E-state index contributed by atoms with van der Waals surface area (Å²) in [6.07, 6.45) is 2.92. The Morgan fingerprint density at radius 1 is 1.04 bits per heavy atom. The molecule has 23 heavy (non-hydrogen) atoms. The molecule has 1 atom stereocenters. The van der Waals surface area contributed by atoms with Crippen molar-refractivity contribution >= 4 is 16.6 Å². The Kier molecular flexibility index (Phi) is 3.95. The van der Waals surface area contributed by atoms with E-state index in [0.29, 0.717) is 6.04 Å². The molecule has 3 nitrogen and oxygen atoms in total. The first-order valence-electron chi connectivity index (χ1n) is 8.26. The van der Waals surface area contributed by atoms with Crippen molar-refractivity contribution in [2.75, 3.05) is 24.5 Å². The van der Waals surface area contributed by atoms with Gasteiger partial charge in [0, 0.05) is 42.9 Å². The monoisotopic (exact) mass is 303 g/mol. The van der Waals surface area contributed by atoms with E-state index in [9.17, 15) is 0 Å². The van der Waals surface area contributed by atoms with Gasteiger partial charge < -0.3 is 10.2 Å². The standard InChI is InChI=1S/C20H21N3/c1-2-5-16(6-3-1)13-19-15-21-11-12-23(19)18-8-9-20-17(14-18)7-4-10-22-20/h1-10,14,19,21H,11-13,15H2. The average Bonchev–Trinajstić information content (AvgIpc) is 2.63. The van der Waals surface area contributed by atoms with E-state index in [-0.39, 0.29) is 0 Å². The topological polar surface area (TPSA) is 28.2 Å². The zero-order valence-electron chi connectivity index (χ0n) is 13.2. The summed E-state index contributed by atoms with van der Waals surface area (Å²) in [5.74, 6) is 0. The van der Waals surface area contributed by atoms with Gasteiger partial charge in [-0.3, -0.25) is 4.98 Å². The lowest BCUT2D eigenvalue weighted by atomic mass is 10.0. The molecule has 1 unspecified atom stereocenters. The lowest BCUT2D eigenvalue weighted by Gasteiger charge is -2.38. The van der Waals surface area contributed by atoms with Crippen molar-refractivity contribution < 1.29 is 0 Å². The van der Waals surface area contributed by atoms with Crippen molar-refractivity contribution in [3.63, 3.8) is 0 Å². The van der Waals surface area contributed by atoms with Crippen LogP contribution in [0.5, 0.6) is 0 Å². The Morgan fingerprint density at radius 2 is 1.96 bits per heavy atom. The largest absolute Gasteiger partial charge is 0.366 e. The van der Waals surface area contributed by atoms with Crippen LogP contribution < -0.4 is 10.2 Å². The zero-order valence-corrected chi connectivity index (χ0v) is 13.2. The van der Waals surface area contributed by atoms with Crippen LogP contribution in [0.15, 0.2) is 66.9 Å². The second-order valence-electron chi connectivity index (χ2n) is 6.12. The maximum Gasteiger partial charge on any atom is 0.0703 e. The highest BCUT2D eigenvalue weighted by atomic mass is 15.2. The van der Waals surface area contributed by atoms with Crippen LogP contribution in [0.25, 0.3) is 10.9 Å². The molecule has 1 N–H and O–H groups in total. The van der Waals surface area contributed by atoms with Crippen molar-refractivity contribution in [2.24, 2.45) is 0 Å². The normalized spacial score (nSPS) is 18.3. The maximum atomic E-state index is 4.42. The highest BCUT2D eigenvalue weighted by Crippen LogP contribution is 2.24. The van der Waals surface area contributed by atoms with Crippen LogP contribution in [-0.4, -0.2) is 30.7 Å². The van der Waals surface area contributed by atoms with Gasteiger partial charge in [0.05, 0.1) is 5.52 Å². The zero-order chi connectivity index (χ0) is 15.5. The summed E-state index contributed by atoms with van der Waals surface area (Å²) in [5.41, 5.74) is 3.76. The molecule has 1 aromatic heterocycles. The number of hydrogen-bond donors (Lipinski definition) is 1. The highest BCUT2D eigenvalue weighted by molar-refractivity contribution is 5.82. The SMILES string of the molecule is c1ccc(CC2CNCCN2c2ccc3ncccc3c2)cc1. The molecule has 0 spiro atoms. The van der Waals surface area contributed by atoms with Gasteiger partial charge in [0.15, 0.2) is 0 Å². The van der Waals surface area contributed by atoms with E-state index in [0.717, 1.165) is 31.6 Å². The summed E-state index contributed by atoms with van der Waals surface area (Å²) >= 11 is 0. The molecule has 4 rings (SSSR count). The van der Waals surface area contributed by atoms with Crippen LogP contribution in [0.2, 0.25) is 0 Å². The number of rotatable bonds is 3. The Hall–Kier alpha value is -2.39. The number of aromatic nitrogens is 1. The van der Waals surface area contributed by atoms with E-state index in [1.165, 1.54) is 16.6 Å². The molecule has 1 fully saturated rings. The molecule has 0 radical (unpaired) electrons. The number of benzene rings is 2. The minimum absolute atomic E-state index is 0.486. The molecular formula is C20H21N3. The lowest BCUT2D eigenvalue weighted by Crippen LogP contribution is -2.52. The Morgan fingerprint density at radius 3 is 2.87 bits per heavy atom. The van der Waals surface area contributed by atoms with Crippen LogP contribution in [0.1, 0.15) is 5.56 Å². The van der Waals surface area contributed by atoms with Gasteiger partial charge in [0.1, 0.15) is 0 Å². The fourth-order valence-electron chi connectivity index (χ4n) is 3.41. The van der Waals surface area contributed by atoms with Crippen LogP contribution >= 0.6 is 0 Å². The van der Waals surface area contributed by atoms with E-state index in [1.807, 2.05) is 12.3 Å². The van der Waals surface area contributed by atoms with E-state index >= 15 is 0 Å². The second kappa shape index (κ2) is 6.39. The molecule has 0 amide bonds. The Balaban J connectivity index is 1.63. The molecule has 2 heterocycles. The van der Waals surface area contributed by atoms with Gasteiger partial charge in [-0.2, -0.15) is 0 Å². The number of fused-ring (bicyclic) bond motifs is 1. The number of nitrogens with zero attached hydrogens (tertiary/aromatic N) is 2. The van der Waals surface area contributed by atoms with E-state index in [4.69, 9.17) is 0 Å². The molecule has 0 aliphatic carbocycles. The first-order chi connectivity index (χ1) is 11.4. The van der Waals surface area contributed by atoms with Gasteiger partial charge in [0.2, 0.25) is 0 Å². The van der Waals surface area contributed by atoms with Crippen molar-refractivity contribution in [2.45, 2.75) is 12.5 Å². The maximum absolute atomic E-state index is 4.42. The summed E-state index contributed by atoms with van der Waals surface area (Å²) < 4.78 is 0. The summed E-state index contributed by atoms with van der Waals surface area (Å²) in [7, 11) is 0. The van der Waals surface area contributed by atoms with Gasteiger partial charge in [-0.25, -0.2) is 0 Å². The number of pyridine rings is 1. The first kappa shape index (κ1) is 14.2. The molecule has 1 saturated heterocycles. The minimum atomic E-state index is 0.486. The number of nitrogens with one attached hydrogen (secondary N) is 1. The molecular weight excluding hydrogens is 282 g/mol. The Bertz CT molecular complexity index is 785. The number of hydrogen-bond acceptors (Lipinski definition) is 3. The molecule has 2 aromatic carbocycles. The molecule has 3 aromatic rings. The van der Waals surface area contributed by atoms with E-state index in [2.05, 4.69) is 69.8 Å². The van der Waals surface area contributed by atoms with Crippen LogP contribution in [0.4, 0.5) is 5.69 Å². The van der Waals surface area contributed by atoms with Crippen molar-refractivity contribution in [1.82, 2.24) is 10.3 Å². The summed E-state index contributed by atoms with van der Waals surface area (Å²) in [6, 6.07) is 22.0. The molecule has 0 bridgehead atoms. The molecule has 1 aliphatic heterocycles. The van der Waals surface area contributed by atoms with Crippen LogP contribution in [0, 0.1) is 0 Å². The summed E-state index contributed by atoms with van der Waals surface area (Å²) in [4.78, 5) is 6.96. The molecule has 116 valence electrons. The van der Waals surface area contributed by atoms with Gasteiger partial charge in [-0.15, -0.1) is 0 Å². The molecule has 0 saturated carbocycles. The third kappa shape index (κ3) is 3.06. The predicted octanol–water partition coefficient (Wildman–Crippen LogP) is 3.26. The van der Waals surface area contributed by atoms with E-state index in [1.54, 1.807) is 0 Å². The van der Waals surface area contributed by atoms with Crippen molar-refractivity contribution in [1.29, 1.82) is 0 Å². The third-order valence-corrected chi connectivity index (χ3v) is 4.58. The van der Waals surface area contributed by atoms with E-state index < -0.39 is 0 Å². The van der Waals surface area contributed by atoms with Gasteiger partial charge in [-0.05, 0) is 36.2 Å². The first-order valence-corrected chi connectivity index (χ1v) is 8.26. The smallest absolute Gasteiger partial charge is 0.0703 e. The molecule has 3 heteroatoms. The van der Waals surface area contributed by atoms with Gasteiger partial charge in [-0.1, -0.05) is 36.4 Å². The third-order valence-electron chi connectivity index (χ3n) is 4.58. The summed E-state index contributed by atoms with van der Waals surface area (Å²) in [5, 5.41) is 4.75. The highest BCUT2D eigenvalue weighted by Gasteiger charge is 2.22. The van der Waals surface area contributed by atoms with Crippen LogP contribution in [0.3, 0.4) is 0 Å². The van der Waals surface area contributed by atoms with Crippen LogP contribution in [-0.2, 0) is 6.42 Å². The van der Waals surface area contributed by atoms with Crippen molar-refractivity contribution in [3.05, 3.63) is 72.4 Å². The fraction of sp³-hybridized carbons (Fsp3) is 0.250. The fourth-order valence-corrected chi connectivity index (χ4v) is 3.41. The lowest BCUT2D eigenvalue weighted by molar-refractivity contribution is 0.474. The van der Waals surface area contributed by atoms with Gasteiger partial charge in [0.25, 0.3) is 0 Å². The second-order valence-corrected chi connectivity index (χ2v) is 6.12. The minimum Gasteiger partial charge on any atom is -0.366 e. The molecule has 1 aliphatic rings. The average molecular weight is 303 g/mol. The predicted molar refractivity (Wildman–Crippen MR) is 95.9 cm³/mol. The quantitative estimate of drug-likeness (QED) is 0.805. The van der Waals surface area contributed by atoms with Gasteiger partial charge >= 0.3 is 0 Å². The summed E-state index contributed by atoms with van der Waals surface area (Å²) in [6.45, 7) is 3.11. The number of piperazine rings is 1. The Labute approximate surface area is 137 Å². The number of anilines is 1.